The molecule has 0 atom stereocenters. The maximum atomic E-state index is 13.6. The van der Waals surface area contributed by atoms with E-state index in [1.165, 1.54) is 0 Å². The number of amides is 1. The van der Waals surface area contributed by atoms with Crippen molar-refractivity contribution in [3.05, 3.63) is 124 Å². The summed E-state index contributed by atoms with van der Waals surface area (Å²) in [6.45, 7) is 2.07. The SMILES string of the molecule is CCOC(=O)c1ccc(N2C(=O)C(=Cc3ccc(-c4ccc(Br)cc4)o3)C=C2c2ccccc2)cc1. The first-order chi connectivity index (χ1) is 17.5. The van der Waals surface area contributed by atoms with E-state index >= 15 is 0 Å². The Hall–Kier alpha value is -4.16. The Morgan fingerprint density at radius 3 is 2.33 bits per heavy atom. The maximum absolute atomic E-state index is 13.6. The average Bonchev–Trinajstić information content (AvgIpc) is 3.50. The quantitative estimate of drug-likeness (QED) is 0.190. The molecular formula is C30H22BrNO4. The Kier molecular flexibility index (Phi) is 6.69. The van der Waals surface area contributed by atoms with Gasteiger partial charge < -0.3 is 9.15 Å². The van der Waals surface area contributed by atoms with Crippen molar-refractivity contribution in [1.29, 1.82) is 0 Å². The zero-order valence-electron chi connectivity index (χ0n) is 19.5. The molecule has 5 rings (SSSR count). The van der Waals surface area contributed by atoms with Crippen LogP contribution in [0.25, 0.3) is 23.1 Å². The number of hydrogen-bond donors (Lipinski definition) is 0. The number of anilines is 1. The van der Waals surface area contributed by atoms with Crippen LogP contribution in [0.5, 0.6) is 0 Å². The summed E-state index contributed by atoms with van der Waals surface area (Å²) < 4.78 is 12.1. The van der Waals surface area contributed by atoms with Crippen LogP contribution in [0.1, 0.15) is 28.6 Å². The molecule has 0 aliphatic carbocycles. The molecule has 2 heterocycles. The summed E-state index contributed by atoms with van der Waals surface area (Å²) in [7, 11) is 0. The number of halogens is 1. The van der Waals surface area contributed by atoms with Crippen LogP contribution >= 0.6 is 15.9 Å². The monoisotopic (exact) mass is 539 g/mol. The van der Waals surface area contributed by atoms with E-state index in [1.807, 2.05) is 72.8 Å². The molecule has 0 spiro atoms. The van der Waals surface area contributed by atoms with Crippen LogP contribution < -0.4 is 4.90 Å². The van der Waals surface area contributed by atoms with Crippen molar-refractivity contribution in [2.45, 2.75) is 6.92 Å². The van der Waals surface area contributed by atoms with Crippen LogP contribution in [0.3, 0.4) is 0 Å². The third-order valence-corrected chi connectivity index (χ3v) is 6.27. The topological polar surface area (TPSA) is 59.8 Å². The summed E-state index contributed by atoms with van der Waals surface area (Å²) in [6.07, 6.45) is 3.61. The number of furan rings is 1. The summed E-state index contributed by atoms with van der Waals surface area (Å²) >= 11 is 3.44. The highest BCUT2D eigenvalue weighted by molar-refractivity contribution is 9.10. The minimum absolute atomic E-state index is 0.181. The standard InChI is InChI=1S/C30H22BrNO4/c1-2-35-30(34)22-10-14-25(15-11-22)32-27(20-6-4-3-5-7-20)19-23(29(32)33)18-26-16-17-28(36-26)21-8-12-24(31)13-9-21/h3-19H,2H2,1H3. The molecule has 0 saturated heterocycles. The predicted molar refractivity (Wildman–Crippen MR) is 144 cm³/mol. The van der Waals surface area contributed by atoms with Gasteiger partial charge in [-0.15, -0.1) is 0 Å². The van der Waals surface area contributed by atoms with Crippen LogP contribution in [0.2, 0.25) is 0 Å². The first kappa shape index (κ1) is 23.6. The molecular weight excluding hydrogens is 518 g/mol. The predicted octanol–water partition coefficient (Wildman–Crippen LogP) is 7.36. The summed E-state index contributed by atoms with van der Waals surface area (Å²) in [5.74, 6) is 0.729. The number of benzene rings is 3. The van der Waals surface area contributed by atoms with Gasteiger partial charge in [-0.3, -0.25) is 9.69 Å². The fraction of sp³-hybridized carbons (Fsp3) is 0.0667. The third-order valence-electron chi connectivity index (χ3n) is 5.74. The van der Waals surface area contributed by atoms with Gasteiger partial charge in [-0.1, -0.05) is 58.4 Å². The molecule has 1 aromatic heterocycles. The van der Waals surface area contributed by atoms with Crippen LogP contribution in [-0.4, -0.2) is 18.5 Å². The second-order valence-corrected chi connectivity index (χ2v) is 9.03. The van der Waals surface area contributed by atoms with Gasteiger partial charge in [0.25, 0.3) is 5.91 Å². The summed E-state index contributed by atoms with van der Waals surface area (Å²) in [4.78, 5) is 27.3. The lowest BCUT2D eigenvalue weighted by Gasteiger charge is -2.21. The largest absolute Gasteiger partial charge is 0.462 e. The van der Waals surface area contributed by atoms with Crippen LogP contribution in [0.15, 0.2) is 112 Å². The van der Waals surface area contributed by atoms with Crippen LogP contribution in [0, 0.1) is 0 Å². The van der Waals surface area contributed by atoms with E-state index in [1.54, 1.807) is 42.2 Å². The van der Waals surface area contributed by atoms with E-state index in [2.05, 4.69) is 15.9 Å². The first-order valence-corrected chi connectivity index (χ1v) is 12.3. The van der Waals surface area contributed by atoms with Gasteiger partial charge in [0.15, 0.2) is 0 Å². The maximum Gasteiger partial charge on any atom is 0.338 e. The van der Waals surface area contributed by atoms with Crippen molar-refractivity contribution in [3.63, 3.8) is 0 Å². The van der Waals surface area contributed by atoms with Crippen LogP contribution in [-0.2, 0) is 9.53 Å². The Bertz CT molecular complexity index is 1470. The number of hydrogen-bond acceptors (Lipinski definition) is 4. The highest BCUT2D eigenvalue weighted by Gasteiger charge is 2.30. The molecule has 1 amide bonds. The third kappa shape index (κ3) is 4.81. The molecule has 0 radical (unpaired) electrons. The van der Waals surface area contributed by atoms with Gasteiger partial charge in [-0.25, -0.2) is 4.79 Å². The zero-order valence-corrected chi connectivity index (χ0v) is 21.1. The fourth-order valence-corrected chi connectivity index (χ4v) is 4.27. The molecule has 3 aromatic carbocycles. The van der Waals surface area contributed by atoms with Crippen molar-refractivity contribution in [3.8, 4) is 11.3 Å². The normalized spacial score (nSPS) is 14.3. The van der Waals surface area contributed by atoms with E-state index in [4.69, 9.17) is 9.15 Å². The van der Waals surface area contributed by atoms with E-state index in [-0.39, 0.29) is 5.91 Å². The van der Waals surface area contributed by atoms with Gasteiger partial charge in [-0.05, 0) is 73.2 Å². The molecule has 0 unspecified atom stereocenters. The Morgan fingerprint density at radius 2 is 1.64 bits per heavy atom. The van der Waals surface area contributed by atoms with Crippen LogP contribution in [0.4, 0.5) is 5.69 Å². The Labute approximate surface area is 217 Å². The smallest absolute Gasteiger partial charge is 0.338 e. The second kappa shape index (κ2) is 10.2. The number of carbonyl (C=O) groups is 2. The van der Waals surface area contributed by atoms with Crippen molar-refractivity contribution in [1.82, 2.24) is 0 Å². The van der Waals surface area contributed by atoms with E-state index in [0.717, 1.165) is 27.1 Å². The van der Waals surface area contributed by atoms with E-state index < -0.39 is 5.97 Å². The first-order valence-electron chi connectivity index (χ1n) is 11.5. The number of carbonyl (C=O) groups excluding carboxylic acids is 2. The Morgan fingerprint density at radius 1 is 0.917 bits per heavy atom. The minimum atomic E-state index is -0.393. The molecule has 0 N–H and O–H groups in total. The van der Waals surface area contributed by atoms with Crippen molar-refractivity contribution in [2.24, 2.45) is 0 Å². The summed E-state index contributed by atoms with van der Waals surface area (Å²) in [5.41, 5.74) is 4.18. The minimum Gasteiger partial charge on any atom is -0.462 e. The summed E-state index contributed by atoms with van der Waals surface area (Å²) in [5, 5.41) is 0. The van der Waals surface area contributed by atoms with Crippen molar-refractivity contribution < 1.29 is 18.7 Å². The molecule has 0 bridgehead atoms. The molecule has 4 aromatic rings. The second-order valence-electron chi connectivity index (χ2n) is 8.11. The van der Waals surface area contributed by atoms with Crippen molar-refractivity contribution in [2.75, 3.05) is 11.5 Å². The summed E-state index contributed by atoms with van der Waals surface area (Å²) in [6, 6.07) is 28.1. The molecule has 0 fully saturated rings. The average molecular weight is 540 g/mol. The van der Waals surface area contributed by atoms with Crippen molar-refractivity contribution >= 4 is 45.3 Å². The van der Waals surface area contributed by atoms with Gasteiger partial charge in [0.1, 0.15) is 11.5 Å². The molecule has 1 aliphatic rings. The lowest BCUT2D eigenvalue weighted by atomic mass is 10.1. The van der Waals surface area contributed by atoms with Gasteiger partial charge in [0.2, 0.25) is 0 Å². The molecule has 178 valence electrons. The van der Waals surface area contributed by atoms with Gasteiger partial charge in [0, 0.05) is 21.3 Å². The van der Waals surface area contributed by atoms with Gasteiger partial charge >= 0.3 is 5.97 Å². The highest BCUT2D eigenvalue weighted by Crippen LogP contribution is 2.36. The molecule has 1 aliphatic heterocycles. The molecule has 5 nitrogen and oxygen atoms in total. The number of esters is 1. The number of rotatable bonds is 6. The highest BCUT2D eigenvalue weighted by atomic mass is 79.9. The van der Waals surface area contributed by atoms with Gasteiger partial charge in [0.05, 0.1) is 17.9 Å². The fourth-order valence-electron chi connectivity index (χ4n) is 4.01. The number of nitrogens with zero attached hydrogens (tertiary/aromatic N) is 1. The Balaban J connectivity index is 1.49. The molecule has 6 heteroatoms. The molecule has 36 heavy (non-hydrogen) atoms. The van der Waals surface area contributed by atoms with E-state index in [9.17, 15) is 9.59 Å². The van der Waals surface area contributed by atoms with Gasteiger partial charge in [-0.2, -0.15) is 0 Å². The molecule has 0 saturated carbocycles. The lowest BCUT2D eigenvalue weighted by molar-refractivity contribution is -0.113. The van der Waals surface area contributed by atoms with E-state index in [0.29, 0.717) is 29.2 Å². The lowest BCUT2D eigenvalue weighted by Crippen LogP contribution is -2.25. The zero-order chi connectivity index (χ0) is 25.1. The number of ether oxygens (including phenoxy) is 1.